The fourth-order valence-electron chi connectivity index (χ4n) is 2.20. The molecule has 1 N–H and O–H groups in total. The molecule has 3 nitrogen and oxygen atoms in total. The van der Waals surface area contributed by atoms with Gasteiger partial charge < -0.3 is 14.8 Å². The molecular formula is C9H17NO2. The largest absolute Gasteiger partial charge is 0.347 e. The van der Waals surface area contributed by atoms with Crippen LogP contribution < -0.4 is 5.32 Å². The minimum Gasteiger partial charge on any atom is -0.347 e. The zero-order valence-corrected chi connectivity index (χ0v) is 7.64. The number of hydrogen-bond acceptors (Lipinski definition) is 3. The molecular weight excluding hydrogens is 154 g/mol. The van der Waals surface area contributed by atoms with Crippen molar-refractivity contribution in [1.82, 2.24) is 5.32 Å². The van der Waals surface area contributed by atoms with Gasteiger partial charge in [0, 0.05) is 18.9 Å². The van der Waals surface area contributed by atoms with Crippen molar-refractivity contribution < 1.29 is 9.47 Å². The lowest BCUT2D eigenvalue weighted by atomic mass is 9.90. The van der Waals surface area contributed by atoms with Crippen molar-refractivity contribution in [1.29, 1.82) is 0 Å². The number of nitrogens with one attached hydrogen (secondary N) is 1. The maximum atomic E-state index is 5.65. The summed E-state index contributed by atoms with van der Waals surface area (Å²) in [6.45, 7) is 1.55. The van der Waals surface area contributed by atoms with Gasteiger partial charge in [0.1, 0.15) is 0 Å². The van der Waals surface area contributed by atoms with E-state index in [1.54, 1.807) is 0 Å². The van der Waals surface area contributed by atoms with Gasteiger partial charge in [-0.25, -0.2) is 0 Å². The highest BCUT2D eigenvalue weighted by atomic mass is 16.7. The summed E-state index contributed by atoms with van der Waals surface area (Å²) >= 11 is 0. The van der Waals surface area contributed by atoms with Crippen LogP contribution in [0, 0.1) is 0 Å². The summed E-state index contributed by atoms with van der Waals surface area (Å²) in [7, 11) is 2.01. The first-order valence-corrected chi connectivity index (χ1v) is 4.80. The van der Waals surface area contributed by atoms with Crippen molar-refractivity contribution in [2.75, 3.05) is 20.3 Å². The first kappa shape index (κ1) is 8.48. The van der Waals surface area contributed by atoms with Gasteiger partial charge in [-0.15, -0.1) is 0 Å². The fraction of sp³-hybridized carbons (Fsp3) is 1.00. The molecule has 1 heterocycles. The molecule has 1 saturated heterocycles. The monoisotopic (exact) mass is 171 g/mol. The van der Waals surface area contributed by atoms with Crippen molar-refractivity contribution in [3.05, 3.63) is 0 Å². The minimum absolute atomic E-state index is 0.216. The molecule has 1 saturated carbocycles. The second-order valence-corrected chi connectivity index (χ2v) is 3.69. The summed E-state index contributed by atoms with van der Waals surface area (Å²) < 4.78 is 11.3. The van der Waals surface area contributed by atoms with Crippen molar-refractivity contribution in [3.63, 3.8) is 0 Å². The van der Waals surface area contributed by atoms with Crippen LogP contribution in [0.1, 0.15) is 25.7 Å². The van der Waals surface area contributed by atoms with Crippen LogP contribution in [0.15, 0.2) is 0 Å². The first-order valence-electron chi connectivity index (χ1n) is 4.80. The van der Waals surface area contributed by atoms with Gasteiger partial charge in [-0.05, 0) is 19.9 Å². The molecule has 1 atom stereocenters. The Morgan fingerprint density at radius 2 is 2.08 bits per heavy atom. The Kier molecular flexibility index (Phi) is 2.35. The van der Waals surface area contributed by atoms with Crippen LogP contribution in [0.5, 0.6) is 0 Å². The Labute approximate surface area is 73.4 Å². The molecule has 1 spiro atoms. The lowest BCUT2D eigenvalue weighted by Gasteiger charge is -2.35. The molecule has 0 radical (unpaired) electrons. The van der Waals surface area contributed by atoms with Crippen molar-refractivity contribution in [3.8, 4) is 0 Å². The van der Waals surface area contributed by atoms with Crippen LogP contribution in [0.3, 0.4) is 0 Å². The average molecular weight is 171 g/mol. The lowest BCUT2D eigenvalue weighted by Crippen LogP contribution is -2.43. The van der Waals surface area contributed by atoms with Gasteiger partial charge >= 0.3 is 0 Å². The van der Waals surface area contributed by atoms with Crippen LogP contribution in [0.4, 0.5) is 0 Å². The van der Waals surface area contributed by atoms with Gasteiger partial charge in [0.15, 0.2) is 5.79 Å². The predicted molar refractivity (Wildman–Crippen MR) is 46.0 cm³/mol. The van der Waals surface area contributed by atoms with Crippen molar-refractivity contribution in [2.24, 2.45) is 0 Å². The highest BCUT2D eigenvalue weighted by Crippen LogP contribution is 2.35. The van der Waals surface area contributed by atoms with E-state index in [1.165, 1.54) is 12.8 Å². The van der Waals surface area contributed by atoms with E-state index in [9.17, 15) is 0 Å². The van der Waals surface area contributed by atoms with E-state index in [0.717, 1.165) is 26.1 Å². The van der Waals surface area contributed by atoms with E-state index in [2.05, 4.69) is 5.32 Å². The Balaban J connectivity index is 1.97. The quantitative estimate of drug-likeness (QED) is 0.635. The molecule has 1 aliphatic heterocycles. The summed E-state index contributed by atoms with van der Waals surface area (Å²) in [5, 5.41) is 3.30. The van der Waals surface area contributed by atoms with Crippen molar-refractivity contribution in [2.45, 2.75) is 37.5 Å². The fourth-order valence-corrected chi connectivity index (χ4v) is 2.20. The Morgan fingerprint density at radius 1 is 1.33 bits per heavy atom. The highest BCUT2D eigenvalue weighted by Gasteiger charge is 2.40. The summed E-state index contributed by atoms with van der Waals surface area (Å²) in [6, 6.07) is 0.580. The molecule has 0 aromatic carbocycles. The van der Waals surface area contributed by atoms with Gasteiger partial charge in [0.2, 0.25) is 0 Å². The Hall–Kier alpha value is -0.120. The standard InChI is InChI=1S/C9H17NO2/c1-10-8-3-2-4-9(7-8)11-5-6-12-9/h8,10H,2-7H2,1H3/t8-/m1/s1. The van der Waals surface area contributed by atoms with Gasteiger partial charge in [-0.1, -0.05) is 0 Å². The highest BCUT2D eigenvalue weighted by molar-refractivity contribution is 4.85. The lowest BCUT2D eigenvalue weighted by molar-refractivity contribution is -0.181. The smallest absolute Gasteiger partial charge is 0.169 e. The maximum Gasteiger partial charge on any atom is 0.169 e. The summed E-state index contributed by atoms with van der Waals surface area (Å²) in [5.41, 5.74) is 0. The van der Waals surface area contributed by atoms with E-state index in [4.69, 9.17) is 9.47 Å². The Bertz CT molecular complexity index is 155. The van der Waals surface area contributed by atoms with Crippen LogP contribution in [0.2, 0.25) is 0 Å². The molecule has 2 rings (SSSR count). The molecule has 70 valence electrons. The SMILES string of the molecule is CN[C@@H]1CCCC2(C1)OCCO2. The Morgan fingerprint density at radius 3 is 2.75 bits per heavy atom. The number of ether oxygens (including phenoxy) is 2. The van der Waals surface area contributed by atoms with Crippen LogP contribution >= 0.6 is 0 Å². The molecule has 1 aliphatic carbocycles. The second-order valence-electron chi connectivity index (χ2n) is 3.69. The molecule has 2 fully saturated rings. The molecule has 3 heteroatoms. The van der Waals surface area contributed by atoms with Crippen molar-refractivity contribution >= 4 is 0 Å². The van der Waals surface area contributed by atoms with E-state index in [1.807, 2.05) is 7.05 Å². The normalized spacial score (nSPS) is 34.2. The molecule has 12 heavy (non-hydrogen) atoms. The maximum absolute atomic E-state index is 5.65. The minimum atomic E-state index is -0.216. The topological polar surface area (TPSA) is 30.5 Å². The first-order chi connectivity index (χ1) is 5.85. The molecule has 2 aliphatic rings. The molecule has 0 unspecified atom stereocenters. The van der Waals surface area contributed by atoms with Gasteiger partial charge in [0.05, 0.1) is 13.2 Å². The van der Waals surface area contributed by atoms with E-state index in [0.29, 0.717) is 6.04 Å². The third-order valence-electron chi connectivity index (χ3n) is 2.89. The summed E-state index contributed by atoms with van der Waals surface area (Å²) in [6.07, 6.45) is 4.56. The third kappa shape index (κ3) is 1.49. The zero-order valence-electron chi connectivity index (χ0n) is 7.64. The summed E-state index contributed by atoms with van der Waals surface area (Å²) in [5.74, 6) is -0.216. The third-order valence-corrected chi connectivity index (χ3v) is 2.89. The molecule has 0 aromatic rings. The van der Waals surface area contributed by atoms with E-state index in [-0.39, 0.29) is 5.79 Å². The molecule has 0 aromatic heterocycles. The van der Waals surface area contributed by atoms with Gasteiger partial charge in [-0.2, -0.15) is 0 Å². The van der Waals surface area contributed by atoms with Gasteiger partial charge in [-0.3, -0.25) is 0 Å². The number of rotatable bonds is 1. The van der Waals surface area contributed by atoms with E-state index >= 15 is 0 Å². The van der Waals surface area contributed by atoms with Crippen LogP contribution in [-0.2, 0) is 9.47 Å². The molecule has 0 bridgehead atoms. The number of hydrogen-bond donors (Lipinski definition) is 1. The van der Waals surface area contributed by atoms with Crippen LogP contribution in [-0.4, -0.2) is 32.1 Å². The summed E-state index contributed by atoms with van der Waals surface area (Å²) in [4.78, 5) is 0. The average Bonchev–Trinajstić information content (AvgIpc) is 2.53. The zero-order chi connectivity index (χ0) is 8.44. The van der Waals surface area contributed by atoms with Crippen LogP contribution in [0.25, 0.3) is 0 Å². The van der Waals surface area contributed by atoms with Gasteiger partial charge in [0.25, 0.3) is 0 Å². The second kappa shape index (κ2) is 3.32. The molecule has 0 amide bonds. The predicted octanol–water partition coefficient (Wildman–Crippen LogP) is 0.891. The van der Waals surface area contributed by atoms with E-state index < -0.39 is 0 Å².